The zero-order valence-electron chi connectivity index (χ0n) is 8.59. The Bertz CT molecular complexity index is 501. The molecule has 4 nitrogen and oxygen atoms in total. The van der Waals surface area contributed by atoms with Crippen molar-refractivity contribution in [1.29, 1.82) is 0 Å². The lowest BCUT2D eigenvalue weighted by Gasteiger charge is -2.04. The van der Waals surface area contributed by atoms with Gasteiger partial charge in [-0.3, -0.25) is 0 Å². The molecule has 0 bridgehead atoms. The number of benzene rings is 1. The van der Waals surface area contributed by atoms with Crippen molar-refractivity contribution in [2.75, 3.05) is 0 Å². The third kappa shape index (κ3) is 2.45. The third-order valence-electron chi connectivity index (χ3n) is 2.07. The van der Waals surface area contributed by atoms with E-state index in [1.54, 1.807) is 6.33 Å². The molecule has 6 heteroatoms. The molecule has 84 valence electrons. The lowest BCUT2D eigenvalue weighted by atomic mass is 10.2. The molecule has 0 atom stereocenters. The summed E-state index contributed by atoms with van der Waals surface area (Å²) in [6, 6.07) is 5.81. The molecule has 1 N–H and O–H groups in total. The highest BCUT2D eigenvalue weighted by atomic mass is 79.9. The van der Waals surface area contributed by atoms with Crippen molar-refractivity contribution >= 4 is 27.7 Å². The van der Waals surface area contributed by atoms with Gasteiger partial charge in [0, 0.05) is 16.4 Å². The van der Waals surface area contributed by atoms with Crippen molar-refractivity contribution in [3.63, 3.8) is 0 Å². The summed E-state index contributed by atoms with van der Waals surface area (Å²) >= 11 is 4.95. The van der Waals surface area contributed by atoms with Crippen LogP contribution in [0.2, 0.25) is 0 Å². The van der Waals surface area contributed by atoms with Crippen molar-refractivity contribution in [2.24, 2.45) is 7.05 Å². The zero-order valence-corrected chi connectivity index (χ0v) is 11.0. The molecule has 1 aromatic heterocycles. The van der Waals surface area contributed by atoms with Crippen LogP contribution < -0.4 is 0 Å². The summed E-state index contributed by atoms with van der Waals surface area (Å²) in [4.78, 5) is 1.06. The SMILES string of the molecule is Cn1cnnc1Sc1ccc(CO)c(Br)c1. The molecule has 0 spiro atoms. The maximum atomic E-state index is 9.05. The summed E-state index contributed by atoms with van der Waals surface area (Å²) in [5, 5.41) is 17.7. The lowest BCUT2D eigenvalue weighted by Crippen LogP contribution is -1.89. The van der Waals surface area contributed by atoms with Crippen LogP contribution in [0.25, 0.3) is 0 Å². The van der Waals surface area contributed by atoms with E-state index in [4.69, 9.17) is 5.11 Å². The van der Waals surface area contributed by atoms with Gasteiger partial charge in [0.2, 0.25) is 0 Å². The van der Waals surface area contributed by atoms with Crippen LogP contribution in [0, 0.1) is 0 Å². The first-order valence-corrected chi connectivity index (χ1v) is 6.23. The Morgan fingerprint density at radius 1 is 1.50 bits per heavy atom. The molecule has 0 radical (unpaired) electrons. The van der Waals surface area contributed by atoms with Crippen LogP contribution in [0.3, 0.4) is 0 Å². The molecule has 16 heavy (non-hydrogen) atoms. The summed E-state index contributed by atoms with van der Waals surface area (Å²) in [5.74, 6) is 0. The van der Waals surface area contributed by atoms with E-state index in [1.807, 2.05) is 29.8 Å². The minimum absolute atomic E-state index is 0.0372. The molecule has 0 saturated carbocycles. The standard InChI is InChI=1S/C10H10BrN3OS/c1-14-6-12-13-10(14)16-8-3-2-7(5-15)9(11)4-8/h2-4,6,15H,5H2,1H3. The monoisotopic (exact) mass is 299 g/mol. The van der Waals surface area contributed by atoms with Crippen LogP contribution >= 0.6 is 27.7 Å². The number of nitrogens with zero attached hydrogens (tertiary/aromatic N) is 3. The largest absolute Gasteiger partial charge is 0.392 e. The summed E-state index contributed by atoms with van der Waals surface area (Å²) in [6.07, 6.45) is 1.67. The summed E-state index contributed by atoms with van der Waals surface area (Å²) in [6.45, 7) is 0.0372. The average Bonchev–Trinajstić information content (AvgIpc) is 2.65. The number of rotatable bonds is 3. The van der Waals surface area contributed by atoms with Gasteiger partial charge in [-0.15, -0.1) is 10.2 Å². The predicted octanol–water partition coefficient (Wildman–Crippen LogP) is 2.22. The first-order chi connectivity index (χ1) is 7.70. The van der Waals surface area contributed by atoms with Crippen molar-refractivity contribution < 1.29 is 5.11 Å². The van der Waals surface area contributed by atoms with E-state index in [2.05, 4.69) is 26.1 Å². The molecular weight excluding hydrogens is 290 g/mol. The summed E-state index contributed by atoms with van der Waals surface area (Å²) in [7, 11) is 1.90. The lowest BCUT2D eigenvalue weighted by molar-refractivity contribution is 0.281. The Hall–Kier alpha value is -0.850. The quantitative estimate of drug-likeness (QED) is 0.944. The predicted molar refractivity (Wildman–Crippen MR) is 65.2 cm³/mol. The van der Waals surface area contributed by atoms with Gasteiger partial charge in [-0.25, -0.2) is 0 Å². The number of halogens is 1. The molecule has 0 amide bonds. The first kappa shape index (κ1) is 11.6. The van der Waals surface area contributed by atoms with E-state index in [0.29, 0.717) is 0 Å². The Kier molecular flexibility index (Phi) is 3.63. The molecule has 1 aromatic carbocycles. The Balaban J connectivity index is 2.23. The first-order valence-electron chi connectivity index (χ1n) is 4.62. The second-order valence-electron chi connectivity index (χ2n) is 3.24. The molecule has 1 heterocycles. The van der Waals surface area contributed by atoms with Crippen LogP contribution in [0.4, 0.5) is 0 Å². The van der Waals surface area contributed by atoms with Gasteiger partial charge in [-0.2, -0.15) is 0 Å². The van der Waals surface area contributed by atoms with Gasteiger partial charge in [0.15, 0.2) is 5.16 Å². The van der Waals surface area contributed by atoms with Crippen LogP contribution in [0.1, 0.15) is 5.56 Å². The highest BCUT2D eigenvalue weighted by Crippen LogP contribution is 2.29. The summed E-state index contributed by atoms with van der Waals surface area (Å²) < 4.78 is 2.76. The molecule has 0 aliphatic rings. The fourth-order valence-electron chi connectivity index (χ4n) is 1.19. The van der Waals surface area contributed by atoms with E-state index in [9.17, 15) is 0 Å². The smallest absolute Gasteiger partial charge is 0.195 e. The molecule has 0 fully saturated rings. The second kappa shape index (κ2) is 4.99. The number of hydrogen-bond donors (Lipinski definition) is 1. The van der Waals surface area contributed by atoms with Gasteiger partial charge in [-0.05, 0) is 29.5 Å². The third-order valence-corrected chi connectivity index (χ3v) is 3.85. The molecule has 2 rings (SSSR count). The van der Waals surface area contributed by atoms with Crippen LogP contribution in [-0.2, 0) is 13.7 Å². The Labute approximate surface area is 106 Å². The molecule has 0 aliphatic carbocycles. The minimum atomic E-state index is 0.0372. The number of aryl methyl sites for hydroxylation is 1. The van der Waals surface area contributed by atoms with Gasteiger partial charge >= 0.3 is 0 Å². The van der Waals surface area contributed by atoms with Crippen molar-refractivity contribution in [1.82, 2.24) is 14.8 Å². The van der Waals surface area contributed by atoms with Gasteiger partial charge in [0.05, 0.1) is 6.61 Å². The van der Waals surface area contributed by atoms with E-state index >= 15 is 0 Å². The summed E-state index contributed by atoms with van der Waals surface area (Å²) in [5.41, 5.74) is 0.877. The number of aliphatic hydroxyl groups is 1. The van der Waals surface area contributed by atoms with Gasteiger partial charge in [0.1, 0.15) is 6.33 Å². The Morgan fingerprint density at radius 3 is 2.88 bits per heavy atom. The maximum absolute atomic E-state index is 9.05. The van der Waals surface area contributed by atoms with Crippen molar-refractivity contribution in [2.45, 2.75) is 16.7 Å². The molecule has 0 saturated heterocycles. The normalized spacial score (nSPS) is 10.7. The highest BCUT2D eigenvalue weighted by molar-refractivity contribution is 9.10. The van der Waals surface area contributed by atoms with Gasteiger partial charge in [0.25, 0.3) is 0 Å². The van der Waals surface area contributed by atoms with E-state index in [0.717, 1.165) is 20.1 Å². The number of aromatic nitrogens is 3. The van der Waals surface area contributed by atoms with Crippen molar-refractivity contribution in [3.8, 4) is 0 Å². The van der Waals surface area contributed by atoms with E-state index in [1.165, 1.54) is 11.8 Å². The fourth-order valence-corrected chi connectivity index (χ4v) is 2.65. The zero-order chi connectivity index (χ0) is 11.5. The number of aliphatic hydroxyl groups excluding tert-OH is 1. The minimum Gasteiger partial charge on any atom is -0.392 e. The maximum Gasteiger partial charge on any atom is 0.195 e. The number of hydrogen-bond acceptors (Lipinski definition) is 4. The second-order valence-corrected chi connectivity index (χ2v) is 5.13. The molecule has 0 aliphatic heterocycles. The van der Waals surface area contributed by atoms with E-state index < -0.39 is 0 Å². The highest BCUT2D eigenvalue weighted by Gasteiger charge is 2.05. The average molecular weight is 300 g/mol. The topological polar surface area (TPSA) is 50.9 Å². The van der Waals surface area contributed by atoms with Crippen LogP contribution in [-0.4, -0.2) is 19.9 Å². The molecule has 2 aromatic rings. The van der Waals surface area contributed by atoms with Crippen molar-refractivity contribution in [3.05, 3.63) is 34.6 Å². The molecular formula is C10H10BrN3OS. The Morgan fingerprint density at radius 2 is 2.31 bits per heavy atom. The van der Waals surface area contributed by atoms with Crippen LogP contribution in [0.5, 0.6) is 0 Å². The fraction of sp³-hybridized carbons (Fsp3) is 0.200. The van der Waals surface area contributed by atoms with Gasteiger partial charge < -0.3 is 9.67 Å². The van der Waals surface area contributed by atoms with Gasteiger partial charge in [-0.1, -0.05) is 22.0 Å². The van der Waals surface area contributed by atoms with E-state index in [-0.39, 0.29) is 6.61 Å². The van der Waals surface area contributed by atoms with Crippen LogP contribution in [0.15, 0.2) is 39.1 Å². The molecule has 0 unspecified atom stereocenters.